The summed E-state index contributed by atoms with van der Waals surface area (Å²) in [6.45, 7) is 1.47. The van der Waals surface area contributed by atoms with Gasteiger partial charge in [-0.3, -0.25) is 10.6 Å². The number of rotatable bonds is 3. The summed E-state index contributed by atoms with van der Waals surface area (Å²) in [5.41, 5.74) is 0.771. The smallest absolute Gasteiger partial charge is 0.221 e. The Morgan fingerprint density at radius 3 is 2.92 bits per heavy atom. The highest BCUT2D eigenvalue weighted by molar-refractivity contribution is 7.97. The monoisotopic (exact) mass is 197 g/mol. The molecule has 1 rings (SSSR count). The van der Waals surface area contributed by atoms with Gasteiger partial charge in [-0.1, -0.05) is 6.07 Å². The van der Waals surface area contributed by atoms with E-state index in [1.165, 1.54) is 18.9 Å². The Kier molecular flexibility index (Phi) is 3.75. The van der Waals surface area contributed by atoms with Crippen molar-refractivity contribution in [2.24, 2.45) is 5.84 Å². The van der Waals surface area contributed by atoms with E-state index in [0.717, 1.165) is 10.6 Å². The molecule has 1 amide bonds. The van der Waals surface area contributed by atoms with Crippen molar-refractivity contribution in [1.82, 2.24) is 4.83 Å². The number of hydrogen-bond donors (Lipinski definition) is 3. The molecule has 0 spiro atoms. The van der Waals surface area contributed by atoms with Gasteiger partial charge in [0.2, 0.25) is 5.91 Å². The van der Waals surface area contributed by atoms with Crippen LogP contribution in [-0.2, 0) is 4.79 Å². The first-order valence-electron chi connectivity index (χ1n) is 3.72. The molecule has 0 aliphatic rings. The highest BCUT2D eigenvalue weighted by atomic mass is 32.2. The molecule has 0 saturated carbocycles. The largest absolute Gasteiger partial charge is 0.326 e. The molecule has 13 heavy (non-hydrogen) atoms. The van der Waals surface area contributed by atoms with E-state index >= 15 is 0 Å². The lowest BCUT2D eigenvalue weighted by atomic mass is 10.3. The van der Waals surface area contributed by atoms with Gasteiger partial charge in [0.25, 0.3) is 0 Å². The van der Waals surface area contributed by atoms with Gasteiger partial charge in [0.05, 0.1) is 0 Å². The molecular weight excluding hydrogens is 186 g/mol. The van der Waals surface area contributed by atoms with Crippen LogP contribution in [0, 0.1) is 0 Å². The number of benzene rings is 1. The fraction of sp³-hybridized carbons (Fsp3) is 0.125. The lowest BCUT2D eigenvalue weighted by molar-refractivity contribution is -0.114. The minimum Gasteiger partial charge on any atom is -0.326 e. The predicted octanol–water partition coefficient (Wildman–Crippen LogP) is 1.12. The molecule has 4 nitrogen and oxygen atoms in total. The summed E-state index contributed by atoms with van der Waals surface area (Å²) >= 11 is 1.29. The number of carbonyl (C=O) groups is 1. The summed E-state index contributed by atoms with van der Waals surface area (Å²) in [4.78, 5) is 14.1. The van der Waals surface area contributed by atoms with Crippen molar-refractivity contribution in [1.29, 1.82) is 0 Å². The lowest BCUT2D eigenvalue weighted by Crippen LogP contribution is -2.11. The van der Waals surface area contributed by atoms with Crippen LogP contribution < -0.4 is 16.0 Å². The van der Waals surface area contributed by atoms with Crippen LogP contribution in [0.1, 0.15) is 6.92 Å². The van der Waals surface area contributed by atoms with Crippen LogP contribution in [0.25, 0.3) is 0 Å². The molecule has 70 valence electrons. The van der Waals surface area contributed by atoms with E-state index < -0.39 is 0 Å². The van der Waals surface area contributed by atoms with Crippen molar-refractivity contribution in [3.8, 4) is 0 Å². The van der Waals surface area contributed by atoms with Crippen molar-refractivity contribution < 1.29 is 4.79 Å². The zero-order chi connectivity index (χ0) is 9.68. The van der Waals surface area contributed by atoms with Crippen LogP contribution in [0.5, 0.6) is 0 Å². The summed E-state index contributed by atoms with van der Waals surface area (Å²) in [5, 5.41) is 2.68. The van der Waals surface area contributed by atoms with Gasteiger partial charge in [-0.25, -0.2) is 0 Å². The van der Waals surface area contributed by atoms with Crippen molar-refractivity contribution in [2.45, 2.75) is 11.8 Å². The van der Waals surface area contributed by atoms with E-state index in [9.17, 15) is 4.79 Å². The Bertz CT molecular complexity index is 303. The maximum absolute atomic E-state index is 10.7. The van der Waals surface area contributed by atoms with Crippen LogP contribution in [0.15, 0.2) is 29.2 Å². The quantitative estimate of drug-likeness (QED) is 0.386. The molecular formula is C8H11N3OS. The molecule has 0 heterocycles. The minimum absolute atomic E-state index is 0.0807. The second-order valence-electron chi connectivity index (χ2n) is 2.43. The summed E-state index contributed by atoms with van der Waals surface area (Å²) in [7, 11) is 0. The van der Waals surface area contributed by atoms with Crippen molar-refractivity contribution >= 4 is 23.5 Å². The number of carbonyl (C=O) groups excluding carboxylic acids is 1. The highest BCUT2D eigenvalue weighted by Gasteiger charge is 1.96. The molecule has 0 aromatic heterocycles. The average Bonchev–Trinajstić information content (AvgIpc) is 2.04. The fourth-order valence-corrected chi connectivity index (χ4v) is 1.38. The van der Waals surface area contributed by atoms with Crippen LogP contribution >= 0.6 is 11.9 Å². The molecule has 0 aliphatic heterocycles. The van der Waals surface area contributed by atoms with Crippen LogP contribution in [0.4, 0.5) is 5.69 Å². The van der Waals surface area contributed by atoms with Gasteiger partial charge in [-0.05, 0) is 30.1 Å². The number of amides is 1. The Hall–Kier alpha value is -1.04. The Labute approximate surface area is 81.0 Å². The highest BCUT2D eigenvalue weighted by Crippen LogP contribution is 2.17. The number of nitrogens with one attached hydrogen (secondary N) is 2. The molecule has 0 saturated heterocycles. The van der Waals surface area contributed by atoms with Crippen LogP contribution in [0.3, 0.4) is 0 Å². The average molecular weight is 197 g/mol. The van der Waals surface area contributed by atoms with Gasteiger partial charge < -0.3 is 5.32 Å². The number of hydrogen-bond acceptors (Lipinski definition) is 4. The molecule has 0 fully saturated rings. The Balaban J connectivity index is 2.73. The van der Waals surface area contributed by atoms with Gasteiger partial charge in [0.15, 0.2) is 0 Å². The van der Waals surface area contributed by atoms with E-state index in [-0.39, 0.29) is 5.91 Å². The van der Waals surface area contributed by atoms with E-state index in [0.29, 0.717) is 0 Å². The topological polar surface area (TPSA) is 67.2 Å². The third-order valence-electron chi connectivity index (χ3n) is 1.33. The third-order valence-corrected chi connectivity index (χ3v) is 1.94. The molecule has 0 bridgehead atoms. The minimum atomic E-state index is -0.0807. The van der Waals surface area contributed by atoms with Gasteiger partial charge in [0.1, 0.15) is 0 Å². The van der Waals surface area contributed by atoms with Crippen molar-refractivity contribution in [3.05, 3.63) is 24.3 Å². The Morgan fingerprint density at radius 2 is 2.31 bits per heavy atom. The van der Waals surface area contributed by atoms with Crippen LogP contribution in [0.2, 0.25) is 0 Å². The van der Waals surface area contributed by atoms with Gasteiger partial charge >= 0.3 is 0 Å². The van der Waals surface area contributed by atoms with Crippen LogP contribution in [-0.4, -0.2) is 5.91 Å². The number of hydrazine groups is 1. The second kappa shape index (κ2) is 4.86. The van der Waals surface area contributed by atoms with Gasteiger partial charge in [-0.2, -0.15) is 4.83 Å². The summed E-state index contributed by atoms with van der Waals surface area (Å²) in [5.74, 6) is 5.06. The first kappa shape index (κ1) is 10.0. The SMILES string of the molecule is CC(=O)Nc1cccc(SNN)c1. The molecule has 4 N–H and O–H groups in total. The van der Waals surface area contributed by atoms with Crippen molar-refractivity contribution in [2.75, 3.05) is 5.32 Å². The maximum atomic E-state index is 10.7. The standard InChI is InChI=1S/C8H11N3OS/c1-6(12)10-7-3-2-4-8(5-7)13-11-9/h2-5,11H,9H2,1H3,(H,10,12). The molecule has 5 heteroatoms. The number of nitrogens with two attached hydrogens (primary N) is 1. The summed E-state index contributed by atoms with van der Waals surface area (Å²) < 4.78 is 0. The van der Waals surface area contributed by atoms with E-state index in [2.05, 4.69) is 10.1 Å². The zero-order valence-corrected chi connectivity index (χ0v) is 8.02. The summed E-state index contributed by atoms with van der Waals surface area (Å²) in [6, 6.07) is 7.41. The fourth-order valence-electron chi connectivity index (χ4n) is 0.909. The zero-order valence-electron chi connectivity index (χ0n) is 7.20. The van der Waals surface area contributed by atoms with E-state index in [1.54, 1.807) is 0 Å². The first-order valence-corrected chi connectivity index (χ1v) is 4.54. The van der Waals surface area contributed by atoms with E-state index in [4.69, 9.17) is 5.84 Å². The Morgan fingerprint density at radius 1 is 1.54 bits per heavy atom. The normalized spacial score (nSPS) is 9.69. The maximum Gasteiger partial charge on any atom is 0.221 e. The predicted molar refractivity (Wildman–Crippen MR) is 53.9 cm³/mol. The van der Waals surface area contributed by atoms with Gasteiger partial charge in [-0.15, -0.1) is 0 Å². The van der Waals surface area contributed by atoms with Gasteiger partial charge in [0, 0.05) is 17.5 Å². The second-order valence-corrected chi connectivity index (χ2v) is 3.34. The molecule has 1 aromatic rings. The molecule has 0 atom stereocenters. The molecule has 0 aliphatic carbocycles. The lowest BCUT2D eigenvalue weighted by Gasteiger charge is -2.03. The summed E-state index contributed by atoms with van der Waals surface area (Å²) in [6.07, 6.45) is 0. The molecule has 0 radical (unpaired) electrons. The molecule has 0 unspecified atom stereocenters. The molecule has 1 aromatic carbocycles. The third kappa shape index (κ3) is 3.45. The van der Waals surface area contributed by atoms with Crippen molar-refractivity contribution in [3.63, 3.8) is 0 Å². The van der Waals surface area contributed by atoms with E-state index in [1.807, 2.05) is 24.3 Å². The first-order chi connectivity index (χ1) is 6.22. The number of anilines is 1.